The highest BCUT2D eigenvalue weighted by molar-refractivity contribution is 5.79. The first-order valence-electron chi connectivity index (χ1n) is 10.1. The van der Waals surface area contributed by atoms with Crippen molar-refractivity contribution >= 4 is 5.96 Å². The van der Waals surface area contributed by atoms with Gasteiger partial charge >= 0.3 is 0 Å². The van der Waals surface area contributed by atoms with E-state index in [2.05, 4.69) is 15.6 Å². The van der Waals surface area contributed by atoms with Gasteiger partial charge in [-0.25, -0.2) is 8.78 Å². The van der Waals surface area contributed by atoms with E-state index in [0.717, 1.165) is 16.9 Å². The molecular weight excluding hydrogens is 402 g/mol. The molecule has 31 heavy (non-hydrogen) atoms. The van der Waals surface area contributed by atoms with E-state index in [0.29, 0.717) is 25.7 Å². The standard InChI is InChI=1S/C23H32F2N4O2/c1-16-9-10-17(21(13-16)31-12-11-30-5)14-27-23(26-2)28-15-20(29(3)4)22-18(24)7-6-8-19(22)25/h6-10,13,20H,11-12,14-15H2,1-5H3,(H2,26,27,28). The van der Waals surface area contributed by atoms with Gasteiger partial charge < -0.3 is 25.0 Å². The van der Waals surface area contributed by atoms with Crippen molar-refractivity contribution < 1.29 is 18.3 Å². The summed E-state index contributed by atoms with van der Waals surface area (Å²) in [5.41, 5.74) is 2.09. The maximum absolute atomic E-state index is 14.3. The average molecular weight is 435 g/mol. The van der Waals surface area contributed by atoms with Crippen LogP contribution in [0.5, 0.6) is 5.75 Å². The molecule has 1 atom stereocenters. The third-order valence-corrected chi connectivity index (χ3v) is 4.86. The maximum Gasteiger partial charge on any atom is 0.191 e. The van der Waals surface area contributed by atoms with E-state index in [-0.39, 0.29) is 12.1 Å². The number of likely N-dealkylation sites (N-methyl/N-ethyl adjacent to an activating group) is 1. The van der Waals surface area contributed by atoms with Crippen LogP contribution >= 0.6 is 0 Å². The van der Waals surface area contributed by atoms with Gasteiger partial charge in [-0.3, -0.25) is 4.99 Å². The van der Waals surface area contributed by atoms with Gasteiger partial charge in [-0.2, -0.15) is 0 Å². The summed E-state index contributed by atoms with van der Waals surface area (Å²) in [4.78, 5) is 5.99. The largest absolute Gasteiger partial charge is 0.491 e. The van der Waals surface area contributed by atoms with Crippen molar-refractivity contribution in [3.8, 4) is 5.75 Å². The molecule has 6 nitrogen and oxygen atoms in total. The summed E-state index contributed by atoms with van der Waals surface area (Å²) in [6.07, 6.45) is 0. The lowest BCUT2D eigenvalue weighted by Crippen LogP contribution is -2.42. The van der Waals surface area contributed by atoms with E-state index in [4.69, 9.17) is 9.47 Å². The van der Waals surface area contributed by atoms with Gasteiger partial charge in [-0.05, 0) is 44.8 Å². The number of guanidine groups is 1. The van der Waals surface area contributed by atoms with Crippen molar-refractivity contribution in [1.29, 1.82) is 0 Å². The highest BCUT2D eigenvalue weighted by atomic mass is 19.1. The molecule has 8 heteroatoms. The second-order valence-electron chi connectivity index (χ2n) is 7.37. The number of nitrogens with zero attached hydrogens (tertiary/aromatic N) is 2. The van der Waals surface area contributed by atoms with Crippen molar-refractivity contribution in [2.24, 2.45) is 4.99 Å². The van der Waals surface area contributed by atoms with E-state index >= 15 is 0 Å². The number of methoxy groups -OCH3 is 1. The number of benzene rings is 2. The average Bonchev–Trinajstić information content (AvgIpc) is 2.73. The molecule has 170 valence electrons. The fourth-order valence-electron chi connectivity index (χ4n) is 3.14. The molecule has 2 N–H and O–H groups in total. The summed E-state index contributed by atoms with van der Waals surface area (Å²) < 4.78 is 39.4. The Morgan fingerprint density at radius 1 is 1.10 bits per heavy atom. The lowest BCUT2D eigenvalue weighted by molar-refractivity contribution is 0.145. The monoisotopic (exact) mass is 434 g/mol. The first kappa shape index (κ1) is 24.6. The Labute approximate surface area is 183 Å². The van der Waals surface area contributed by atoms with Crippen LogP contribution in [0, 0.1) is 18.6 Å². The molecule has 2 aromatic rings. The molecule has 0 aliphatic heterocycles. The molecule has 0 saturated heterocycles. The predicted octanol–water partition coefficient (Wildman–Crippen LogP) is 3.27. The summed E-state index contributed by atoms with van der Waals surface area (Å²) in [6.45, 7) is 3.71. The molecule has 2 aromatic carbocycles. The normalized spacial score (nSPS) is 12.7. The van der Waals surface area contributed by atoms with Crippen LogP contribution in [0.25, 0.3) is 0 Å². The highest BCUT2D eigenvalue weighted by Crippen LogP contribution is 2.24. The Bertz CT molecular complexity index is 854. The lowest BCUT2D eigenvalue weighted by atomic mass is 10.0. The first-order valence-corrected chi connectivity index (χ1v) is 10.1. The molecule has 0 bridgehead atoms. The van der Waals surface area contributed by atoms with Crippen molar-refractivity contribution in [3.63, 3.8) is 0 Å². The van der Waals surface area contributed by atoms with Gasteiger partial charge in [0.2, 0.25) is 0 Å². The number of aliphatic imine (C=N–C) groups is 1. The second-order valence-corrected chi connectivity index (χ2v) is 7.37. The van der Waals surface area contributed by atoms with Gasteiger partial charge in [0.15, 0.2) is 5.96 Å². The van der Waals surface area contributed by atoms with E-state index in [1.165, 1.54) is 18.2 Å². The topological polar surface area (TPSA) is 58.1 Å². The Kier molecular flexibility index (Phi) is 9.68. The summed E-state index contributed by atoms with van der Waals surface area (Å²) in [7, 11) is 6.84. The number of halogens is 2. The Balaban J connectivity index is 2.04. The van der Waals surface area contributed by atoms with Crippen molar-refractivity contribution in [2.45, 2.75) is 19.5 Å². The molecule has 0 aliphatic rings. The molecule has 0 aromatic heterocycles. The van der Waals surface area contributed by atoms with Crippen LogP contribution in [0.1, 0.15) is 22.7 Å². The van der Waals surface area contributed by atoms with Gasteiger partial charge in [0.05, 0.1) is 12.6 Å². The van der Waals surface area contributed by atoms with Crippen LogP contribution in [0.3, 0.4) is 0 Å². The van der Waals surface area contributed by atoms with Gasteiger partial charge in [0.25, 0.3) is 0 Å². The minimum atomic E-state index is -0.569. The summed E-state index contributed by atoms with van der Waals surface area (Å²) in [5, 5.41) is 6.39. The van der Waals surface area contributed by atoms with Crippen LogP contribution in [-0.4, -0.2) is 58.9 Å². The van der Waals surface area contributed by atoms with Gasteiger partial charge in [-0.15, -0.1) is 0 Å². The van der Waals surface area contributed by atoms with Gasteiger partial charge in [-0.1, -0.05) is 18.2 Å². The fourth-order valence-corrected chi connectivity index (χ4v) is 3.14. The quantitative estimate of drug-likeness (QED) is 0.342. The van der Waals surface area contributed by atoms with E-state index in [1.54, 1.807) is 33.2 Å². The zero-order valence-corrected chi connectivity index (χ0v) is 18.8. The first-order chi connectivity index (χ1) is 14.9. The van der Waals surface area contributed by atoms with Crippen LogP contribution in [-0.2, 0) is 11.3 Å². The Morgan fingerprint density at radius 2 is 1.81 bits per heavy atom. The molecule has 0 amide bonds. The maximum atomic E-state index is 14.3. The number of nitrogens with one attached hydrogen (secondary N) is 2. The molecule has 0 heterocycles. The van der Waals surface area contributed by atoms with E-state index in [9.17, 15) is 8.78 Å². The summed E-state index contributed by atoms with van der Waals surface area (Å²) in [6, 6.07) is 9.38. The second kappa shape index (κ2) is 12.2. The molecule has 0 aliphatic carbocycles. The molecule has 0 radical (unpaired) electrons. The molecule has 1 unspecified atom stereocenters. The third-order valence-electron chi connectivity index (χ3n) is 4.86. The number of hydrogen-bond donors (Lipinski definition) is 2. The number of ether oxygens (including phenoxy) is 2. The molecule has 0 fully saturated rings. The van der Waals surface area contributed by atoms with E-state index in [1.807, 2.05) is 25.1 Å². The molecule has 0 spiro atoms. The van der Waals surface area contributed by atoms with Crippen molar-refractivity contribution in [2.75, 3.05) is 48.0 Å². The van der Waals surface area contributed by atoms with E-state index < -0.39 is 17.7 Å². The Morgan fingerprint density at radius 3 is 2.42 bits per heavy atom. The molecule has 2 rings (SSSR count). The summed E-state index contributed by atoms with van der Waals surface area (Å²) in [5.74, 6) is 0.161. The third kappa shape index (κ3) is 7.18. The number of hydrogen-bond acceptors (Lipinski definition) is 4. The van der Waals surface area contributed by atoms with Crippen LogP contribution in [0.2, 0.25) is 0 Å². The minimum Gasteiger partial charge on any atom is -0.491 e. The SMILES string of the molecule is CN=C(NCc1ccc(C)cc1OCCOC)NCC(c1c(F)cccc1F)N(C)C. The highest BCUT2D eigenvalue weighted by Gasteiger charge is 2.22. The Hall–Kier alpha value is -2.71. The fraction of sp³-hybridized carbons (Fsp3) is 0.435. The van der Waals surface area contributed by atoms with Crippen LogP contribution < -0.4 is 15.4 Å². The number of rotatable bonds is 10. The smallest absolute Gasteiger partial charge is 0.191 e. The molecule has 0 saturated carbocycles. The van der Waals surface area contributed by atoms with Gasteiger partial charge in [0, 0.05) is 38.4 Å². The predicted molar refractivity (Wildman–Crippen MR) is 120 cm³/mol. The minimum absolute atomic E-state index is 0.0304. The zero-order valence-electron chi connectivity index (χ0n) is 18.8. The van der Waals surface area contributed by atoms with Crippen LogP contribution in [0.15, 0.2) is 41.4 Å². The lowest BCUT2D eigenvalue weighted by Gasteiger charge is -2.26. The van der Waals surface area contributed by atoms with Crippen molar-refractivity contribution in [1.82, 2.24) is 15.5 Å². The zero-order chi connectivity index (χ0) is 22.8. The molecular formula is C23H32F2N4O2. The summed E-state index contributed by atoms with van der Waals surface area (Å²) >= 11 is 0. The van der Waals surface area contributed by atoms with Gasteiger partial charge in [0.1, 0.15) is 24.0 Å². The number of aryl methyl sites for hydroxylation is 1. The van der Waals surface area contributed by atoms with Crippen LogP contribution in [0.4, 0.5) is 8.78 Å². The van der Waals surface area contributed by atoms with Crippen molar-refractivity contribution in [3.05, 3.63) is 64.7 Å².